The summed E-state index contributed by atoms with van der Waals surface area (Å²) in [6, 6.07) is 6.68. The number of hydrogen-bond donors (Lipinski definition) is 0. The van der Waals surface area contributed by atoms with Crippen LogP contribution >= 0.6 is 0 Å². The van der Waals surface area contributed by atoms with Crippen molar-refractivity contribution in [3.63, 3.8) is 0 Å². The number of benzene rings is 1. The molecule has 0 spiro atoms. The fraction of sp³-hybridized carbons (Fsp3) is 0.333. The molecule has 0 amide bonds. The maximum Gasteiger partial charge on any atom is 0.534 e. The summed E-state index contributed by atoms with van der Waals surface area (Å²) in [6.45, 7) is 0. The number of allylic oxidation sites excluding steroid dienone is 1. The molecule has 0 bridgehead atoms. The molecule has 0 radical (unpaired) electrons. The SMILES string of the molecule is O=S(=O)(OC1=CCCCc2ccccc21)C(F)(F)F. The minimum atomic E-state index is -5.62. The number of rotatable bonds is 2. The average Bonchev–Trinajstić information content (AvgIpc) is 2.50. The molecule has 3 nitrogen and oxygen atoms in total. The van der Waals surface area contributed by atoms with Gasteiger partial charge in [0.1, 0.15) is 5.76 Å². The number of aryl methyl sites for hydroxylation is 1. The van der Waals surface area contributed by atoms with Crippen LogP contribution < -0.4 is 0 Å². The van der Waals surface area contributed by atoms with Gasteiger partial charge in [0.05, 0.1) is 0 Å². The van der Waals surface area contributed by atoms with Crippen molar-refractivity contribution < 1.29 is 25.8 Å². The number of fused-ring (bicyclic) bond motifs is 1. The maximum absolute atomic E-state index is 12.3. The molecule has 0 heterocycles. The summed E-state index contributed by atoms with van der Waals surface area (Å²) in [5.74, 6) is -0.245. The van der Waals surface area contributed by atoms with Crippen LogP contribution in [0.15, 0.2) is 30.3 Å². The lowest BCUT2D eigenvalue weighted by atomic mass is 10.0. The number of alkyl halides is 3. The third kappa shape index (κ3) is 2.91. The molecular weight excluding hydrogens is 281 g/mol. The summed E-state index contributed by atoms with van der Waals surface area (Å²) in [5.41, 5.74) is -4.24. The molecule has 1 aliphatic carbocycles. The second kappa shape index (κ2) is 4.88. The summed E-state index contributed by atoms with van der Waals surface area (Å²) in [5, 5.41) is 0. The van der Waals surface area contributed by atoms with Crippen LogP contribution in [0, 0.1) is 0 Å². The molecule has 0 N–H and O–H groups in total. The van der Waals surface area contributed by atoms with Gasteiger partial charge in [-0.05, 0) is 30.9 Å². The van der Waals surface area contributed by atoms with Gasteiger partial charge in [-0.25, -0.2) is 0 Å². The second-order valence-corrected chi connectivity index (χ2v) is 5.64. The Kier molecular flexibility index (Phi) is 3.58. The molecule has 0 aliphatic heterocycles. The summed E-state index contributed by atoms with van der Waals surface area (Å²) < 4.78 is 63.3. The Balaban J connectivity index is 2.39. The second-order valence-electron chi connectivity index (χ2n) is 4.10. The quantitative estimate of drug-likeness (QED) is 0.621. The van der Waals surface area contributed by atoms with Crippen molar-refractivity contribution in [2.45, 2.75) is 24.8 Å². The van der Waals surface area contributed by atoms with Gasteiger partial charge in [-0.2, -0.15) is 21.6 Å². The zero-order valence-electron chi connectivity index (χ0n) is 9.77. The molecule has 104 valence electrons. The van der Waals surface area contributed by atoms with Crippen LogP contribution in [-0.4, -0.2) is 13.9 Å². The molecule has 1 aliphatic rings. The van der Waals surface area contributed by atoms with Crippen LogP contribution in [0.2, 0.25) is 0 Å². The monoisotopic (exact) mass is 292 g/mol. The summed E-state index contributed by atoms with van der Waals surface area (Å²) in [6.07, 6.45) is 3.26. The first-order chi connectivity index (χ1) is 8.81. The van der Waals surface area contributed by atoms with Crippen molar-refractivity contribution in [2.75, 3.05) is 0 Å². The Bertz CT molecular complexity index is 603. The molecule has 1 aromatic rings. The average molecular weight is 292 g/mol. The van der Waals surface area contributed by atoms with Gasteiger partial charge in [-0.15, -0.1) is 0 Å². The predicted octanol–water partition coefficient (Wildman–Crippen LogP) is 3.23. The van der Waals surface area contributed by atoms with Gasteiger partial charge < -0.3 is 4.18 Å². The summed E-state index contributed by atoms with van der Waals surface area (Å²) in [7, 11) is -5.62. The highest BCUT2D eigenvalue weighted by molar-refractivity contribution is 7.87. The third-order valence-electron chi connectivity index (χ3n) is 2.75. The normalized spacial score (nSPS) is 16.3. The Morgan fingerprint density at radius 1 is 1.16 bits per heavy atom. The van der Waals surface area contributed by atoms with Gasteiger partial charge in [0.25, 0.3) is 0 Å². The highest BCUT2D eigenvalue weighted by Crippen LogP contribution is 2.32. The fourth-order valence-electron chi connectivity index (χ4n) is 1.86. The zero-order valence-corrected chi connectivity index (χ0v) is 10.6. The van der Waals surface area contributed by atoms with Crippen molar-refractivity contribution >= 4 is 15.9 Å². The molecule has 1 aromatic carbocycles. The molecule has 19 heavy (non-hydrogen) atoms. The van der Waals surface area contributed by atoms with E-state index in [9.17, 15) is 21.6 Å². The van der Waals surface area contributed by atoms with E-state index in [0.29, 0.717) is 18.4 Å². The van der Waals surface area contributed by atoms with E-state index in [4.69, 9.17) is 0 Å². The lowest BCUT2D eigenvalue weighted by Crippen LogP contribution is -2.25. The van der Waals surface area contributed by atoms with E-state index in [0.717, 1.165) is 12.0 Å². The summed E-state index contributed by atoms with van der Waals surface area (Å²) >= 11 is 0. The Hall–Kier alpha value is -1.50. The van der Waals surface area contributed by atoms with E-state index in [-0.39, 0.29) is 5.76 Å². The van der Waals surface area contributed by atoms with Crippen LogP contribution in [0.25, 0.3) is 5.76 Å². The van der Waals surface area contributed by atoms with Crippen molar-refractivity contribution in [2.24, 2.45) is 0 Å². The highest BCUT2D eigenvalue weighted by atomic mass is 32.2. The molecule has 0 aromatic heterocycles. The number of halogens is 3. The van der Waals surface area contributed by atoms with E-state index in [1.807, 2.05) is 0 Å². The standard InChI is InChI=1S/C12H11F3O3S/c13-12(14,15)19(16,17)18-11-8-4-2-6-9-5-1-3-7-10(9)11/h1,3,5,7-8H,2,4,6H2. The topological polar surface area (TPSA) is 43.4 Å². The van der Waals surface area contributed by atoms with Crippen LogP contribution in [0.3, 0.4) is 0 Å². The maximum atomic E-state index is 12.3. The van der Waals surface area contributed by atoms with Gasteiger partial charge in [0.15, 0.2) is 0 Å². The molecule has 0 fully saturated rings. The van der Waals surface area contributed by atoms with Crippen molar-refractivity contribution in [1.29, 1.82) is 0 Å². The van der Waals surface area contributed by atoms with Gasteiger partial charge >= 0.3 is 15.6 Å². The van der Waals surface area contributed by atoms with Crippen LogP contribution in [0.4, 0.5) is 13.2 Å². The van der Waals surface area contributed by atoms with E-state index < -0.39 is 15.6 Å². The highest BCUT2D eigenvalue weighted by Gasteiger charge is 2.49. The predicted molar refractivity (Wildman–Crippen MR) is 63.4 cm³/mol. The fourth-order valence-corrected chi connectivity index (χ4v) is 2.35. The largest absolute Gasteiger partial charge is 0.534 e. The van der Waals surface area contributed by atoms with Crippen LogP contribution in [-0.2, 0) is 20.7 Å². The molecule has 0 atom stereocenters. The van der Waals surface area contributed by atoms with Crippen molar-refractivity contribution in [1.82, 2.24) is 0 Å². The van der Waals surface area contributed by atoms with Crippen molar-refractivity contribution in [3.05, 3.63) is 41.5 Å². The third-order valence-corrected chi connectivity index (χ3v) is 3.71. The molecule has 0 saturated heterocycles. The van der Waals surface area contributed by atoms with Gasteiger partial charge in [-0.3, -0.25) is 0 Å². The lowest BCUT2D eigenvalue weighted by molar-refractivity contribution is -0.0509. The smallest absolute Gasteiger partial charge is 0.376 e. The van der Waals surface area contributed by atoms with Crippen molar-refractivity contribution in [3.8, 4) is 0 Å². The first kappa shape index (κ1) is 13.9. The molecule has 2 rings (SSSR count). The zero-order chi connectivity index (χ0) is 14.1. The Labute approximate surface area is 108 Å². The Morgan fingerprint density at radius 2 is 1.84 bits per heavy atom. The lowest BCUT2D eigenvalue weighted by Gasteiger charge is -2.13. The molecule has 0 saturated carbocycles. The van der Waals surface area contributed by atoms with Crippen LogP contribution in [0.5, 0.6) is 0 Å². The first-order valence-electron chi connectivity index (χ1n) is 5.60. The van der Waals surface area contributed by atoms with E-state index >= 15 is 0 Å². The van der Waals surface area contributed by atoms with E-state index in [2.05, 4.69) is 4.18 Å². The minimum absolute atomic E-state index is 0.245. The van der Waals surface area contributed by atoms with Gasteiger partial charge in [0.2, 0.25) is 0 Å². The van der Waals surface area contributed by atoms with Crippen LogP contribution in [0.1, 0.15) is 24.0 Å². The Morgan fingerprint density at radius 3 is 2.53 bits per heavy atom. The van der Waals surface area contributed by atoms with Gasteiger partial charge in [-0.1, -0.05) is 24.3 Å². The van der Waals surface area contributed by atoms with E-state index in [1.54, 1.807) is 24.3 Å². The van der Waals surface area contributed by atoms with E-state index in [1.165, 1.54) is 6.08 Å². The molecule has 0 unspecified atom stereocenters. The molecule has 7 heteroatoms. The minimum Gasteiger partial charge on any atom is -0.376 e. The van der Waals surface area contributed by atoms with Gasteiger partial charge in [0, 0.05) is 5.56 Å². The number of hydrogen-bond acceptors (Lipinski definition) is 3. The summed E-state index contributed by atoms with van der Waals surface area (Å²) in [4.78, 5) is 0. The first-order valence-corrected chi connectivity index (χ1v) is 7.01. The molecular formula is C12H11F3O3S.